The van der Waals surface area contributed by atoms with E-state index in [1.165, 1.54) is 22.6 Å². The number of oxazole rings is 1. The molecule has 0 N–H and O–H groups in total. The van der Waals surface area contributed by atoms with Gasteiger partial charge in [0.25, 0.3) is 5.56 Å². The summed E-state index contributed by atoms with van der Waals surface area (Å²) in [5.41, 5.74) is 3.23. The Balaban J connectivity index is 1.61. The van der Waals surface area contributed by atoms with E-state index in [-0.39, 0.29) is 12.1 Å². The highest BCUT2D eigenvalue weighted by atomic mass is 16.4. The number of nitrogens with zero attached hydrogens (tertiary/aromatic N) is 4. The second kappa shape index (κ2) is 6.20. The Hall–Kier alpha value is -3.48. The SMILES string of the molecule is Cc1ccc(-c2nc(Cn3cc(-c4nnco4)ccc3=O)co2)cc1. The van der Waals surface area contributed by atoms with Crippen molar-refractivity contribution in [3.63, 3.8) is 0 Å². The Morgan fingerprint density at radius 2 is 1.80 bits per heavy atom. The largest absolute Gasteiger partial charge is 0.444 e. The first-order valence-electron chi connectivity index (χ1n) is 7.67. The molecule has 7 heteroatoms. The van der Waals surface area contributed by atoms with Gasteiger partial charge in [-0.25, -0.2) is 4.98 Å². The van der Waals surface area contributed by atoms with Gasteiger partial charge in [0.15, 0.2) is 0 Å². The minimum atomic E-state index is -0.150. The Kier molecular flexibility index (Phi) is 3.74. The molecule has 0 amide bonds. The average molecular weight is 334 g/mol. The second-order valence-electron chi connectivity index (χ2n) is 5.64. The van der Waals surface area contributed by atoms with Gasteiger partial charge in [0.05, 0.1) is 17.8 Å². The van der Waals surface area contributed by atoms with Gasteiger partial charge in [-0.15, -0.1) is 10.2 Å². The molecule has 1 aromatic carbocycles. The van der Waals surface area contributed by atoms with Gasteiger partial charge in [0.1, 0.15) is 6.26 Å². The molecule has 0 radical (unpaired) electrons. The number of aromatic nitrogens is 4. The molecular weight excluding hydrogens is 320 g/mol. The first-order valence-corrected chi connectivity index (χ1v) is 7.67. The monoisotopic (exact) mass is 334 g/mol. The van der Waals surface area contributed by atoms with Gasteiger partial charge in [0, 0.05) is 17.8 Å². The van der Waals surface area contributed by atoms with E-state index in [0.717, 1.165) is 5.56 Å². The Bertz CT molecular complexity index is 1050. The number of hydrogen-bond donors (Lipinski definition) is 0. The molecule has 7 nitrogen and oxygen atoms in total. The summed E-state index contributed by atoms with van der Waals surface area (Å²) in [6, 6.07) is 11.0. The lowest BCUT2D eigenvalue weighted by Crippen LogP contribution is -2.19. The molecule has 0 fully saturated rings. The topological polar surface area (TPSA) is 87.0 Å². The van der Waals surface area contributed by atoms with Crippen LogP contribution in [0.5, 0.6) is 0 Å². The summed E-state index contributed by atoms with van der Waals surface area (Å²) >= 11 is 0. The molecule has 4 rings (SSSR count). The highest BCUT2D eigenvalue weighted by molar-refractivity contribution is 5.53. The molecule has 0 spiro atoms. The van der Waals surface area contributed by atoms with E-state index in [1.807, 2.05) is 31.2 Å². The molecular formula is C18H14N4O3. The van der Waals surface area contributed by atoms with Crippen LogP contribution in [0.15, 0.2) is 68.9 Å². The van der Waals surface area contributed by atoms with Crippen LogP contribution >= 0.6 is 0 Å². The van der Waals surface area contributed by atoms with Crippen molar-refractivity contribution in [1.29, 1.82) is 0 Å². The summed E-state index contributed by atoms with van der Waals surface area (Å²) in [5.74, 6) is 0.880. The molecule has 0 atom stereocenters. The van der Waals surface area contributed by atoms with Crippen LogP contribution in [0.4, 0.5) is 0 Å². The van der Waals surface area contributed by atoms with Gasteiger partial charge < -0.3 is 13.4 Å². The van der Waals surface area contributed by atoms with E-state index >= 15 is 0 Å². The average Bonchev–Trinajstić information content (AvgIpc) is 3.29. The summed E-state index contributed by atoms with van der Waals surface area (Å²) in [6.45, 7) is 2.31. The fraction of sp³-hybridized carbons (Fsp3) is 0.111. The molecule has 124 valence electrons. The molecule has 0 unspecified atom stereocenters. The second-order valence-corrected chi connectivity index (χ2v) is 5.64. The molecule has 3 heterocycles. The van der Waals surface area contributed by atoms with Crippen LogP contribution in [-0.4, -0.2) is 19.7 Å². The van der Waals surface area contributed by atoms with E-state index in [0.29, 0.717) is 23.0 Å². The number of aryl methyl sites for hydroxylation is 1. The van der Waals surface area contributed by atoms with Gasteiger partial charge >= 0.3 is 0 Å². The molecule has 0 aliphatic rings. The maximum absolute atomic E-state index is 12.1. The summed E-state index contributed by atoms with van der Waals surface area (Å²) in [4.78, 5) is 16.6. The number of hydrogen-bond acceptors (Lipinski definition) is 6. The Labute approximate surface area is 142 Å². The van der Waals surface area contributed by atoms with Crippen molar-refractivity contribution in [2.24, 2.45) is 0 Å². The summed E-state index contributed by atoms with van der Waals surface area (Å²) in [5, 5.41) is 7.50. The molecule has 0 aliphatic heterocycles. The van der Waals surface area contributed by atoms with Crippen molar-refractivity contribution in [2.75, 3.05) is 0 Å². The normalized spacial score (nSPS) is 10.9. The minimum Gasteiger partial charge on any atom is -0.444 e. The van der Waals surface area contributed by atoms with Crippen LogP contribution in [0.25, 0.3) is 22.9 Å². The predicted octanol–water partition coefficient (Wildman–Crippen LogP) is 2.91. The maximum Gasteiger partial charge on any atom is 0.250 e. The van der Waals surface area contributed by atoms with Crippen molar-refractivity contribution in [3.05, 3.63) is 76.9 Å². The fourth-order valence-corrected chi connectivity index (χ4v) is 2.46. The predicted molar refractivity (Wildman–Crippen MR) is 89.8 cm³/mol. The van der Waals surface area contributed by atoms with Gasteiger partial charge in [-0.3, -0.25) is 4.79 Å². The fourth-order valence-electron chi connectivity index (χ4n) is 2.46. The maximum atomic E-state index is 12.1. The lowest BCUT2D eigenvalue weighted by Gasteiger charge is -2.04. The zero-order valence-electron chi connectivity index (χ0n) is 13.4. The lowest BCUT2D eigenvalue weighted by atomic mass is 10.1. The molecule has 0 saturated heterocycles. The smallest absolute Gasteiger partial charge is 0.250 e. The van der Waals surface area contributed by atoms with Crippen LogP contribution in [0.1, 0.15) is 11.3 Å². The summed E-state index contributed by atoms with van der Waals surface area (Å²) in [7, 11) is 0. The van der Waals surface area contributed by atoms with Crippen molar-refractivity contribution in [2.45, 2.75) is 13.5 Å². The quantitative estimate of drug-likeness (QED) is 0.570. The van der Waals surface area contributed by atoms with Crippen LogP contribution in [0, 0.1) is 6.92 Å². The number of rotatable bonds is 4. The summed E-state index contributed by atoms with van der Waals surface area (Å²) < 4.78 is 12.2. The zero-order chi connectivity index (χ0) is 17.2. The van der Waals surface area contributed by atoms with Crippen molar-refractivity contribution >= 4 is 0 Å². The van der Waals surface area contributed by atoms with Gasteiger partial charge in [-0.05, 0) is 25.1 Å². The summed E-state index contributed by atoms with van der Waals surface area (Å²) in [6.07, 6.45) is 4.47. The Morgan fingerprint density at radius 3 is 2.56 bits per heavy atom. The van der Waals surface area contributed by atoms with Gasteiger partial charge in [-0.2, -0.15) is 0 Å². The van der Waals surface area contributed by atoms with Crippen molar-refractivity contribution < 1.29 is 8.83 Å². The molecule has 25 heavy (non-hydrogen) atoms. The highest BCUT2D eigenvalue weighted by Crippen LogP contribution is 2.20. The van der Waals surface area contributed by atoms with E-state index in [4.69, 9.17) is 8.83 Å². The molecule has 0 saturated carbocycles. The van der Waals surface area contributed by atoms with Crippen LogP contribution in [0.3, 0.4) is 0 Å². The van der Waals surface area contributed by atoms with Crippen molar-refractivity contribution in [3.8, 4) is 22.9 Å². The van der Waals surface area contributed by atoms with Crippen LogP contribution < -0.4 is 5.56 Å². The standard InChI is InChI=1S/C18H14N4O3/c1-12-2-4-13(5-3-12)17-20-15(10-24-17)9-22-8-14(6-7-16(22)23)18-21-19-11-25-18/h2-8,10-11H,9H2,1H3. The first-order chi connectivity index (χ1) is 12.2. The minimum absolute atomic E-state index is 0.150. The Morgan fingerprint density at radius 1 is 1.00 bits per heavy atom. The molecule has 4 aromatic rings. The van der Waals surface area contributed by atoms with Gasteiger partial charge in [-0.1, -0.05) is 17.7 Å². The third-order valence-corrected chi connectivity index (χ3v) is 3.77. The van der Waals surface area contributed by atoms with Crippen molar-refractivity contribution in [1.82, 2.24) is 19.7 Å². The van der Waals surface area contributed by atoms with Crippen LogP contribution in [-0.2, 0) is 6.54 Å². The molecule has 3 aromatic heterocycles. The lowest BCUT2D eigenvalue weighted by molar-refractivity contribution is 0.566. The number of pyridine rings is 1. The van der Waals surface area contributed by atoms with E-state index in [1.54, 1.807) is 18.5 Å². The first kappa shape index (κ1) is 15.1. The zero-order valence-corrected chi connectivity index (χ0v) is 13.4. The molecule has 0 aliphatic carbocycles. The molecule has 0 bridgehead atoms. The van der Waals surface area contributed by atoms with E-state index in [2.05, 4.69) is 15.2 Å². The number of benzene rings is 1. The third-order valence-electron chi connectivity index (χ3n) is 3.77. The van der Waals surface area contributed by atoms with Crippen LogP contribution in [0.2, 0.25) is 0 Å². The highest BCUT2D eigenvalue weighted by Gasteiger charge is 2.10. The van der Waals surface area contributed by atoms with E-state index in [9.17, 15) is 4.79 Å². The third kappa shape index (κ3) is 3.12. The van der Waals surface area contributed by atoms with Gasteiger partial charge in [0.2, 0.25) is 18.2 Å². The van der Waals surface area contributed by atoms with E-state index < -0.39 is 0 Å².